The molecule has 2 atom stereocenters. The number of hydrogen-bond acceptors (Lipinski definition) is 5. The molecule has 2 heterocycles. The van der Waals surface area contributed by atoms with E-state index >= 15 is 0 Å². The molecule has 1 aliphatic heterocycles. The van der Waals surface area contributed by atoms with E-state index in [-0.39, 0.29) is 30.3 Å². The highest BCUT2D eigenvalue weighted by molar-refractivity contribution is 7.98. The van der Waals surface area contributed by atoms with Crippen molar-refractivity contribution in [2.24, 2.45) is 5.92 Å². The van der Waals surface area contributed by atoms with E-state index in [1.807, 2.05) is 30.3 Å². The third-order valence-electron chi connectivity index (χ3n) is 3.91. The Morgan fingerprint density at radius 2 is 2.12 bits per heavy atom. The molecule has 0 spiro atoms. The fourth-order valence-corrected chi connectivity index (χ4v) is 4.39. The first-order valence-electron chi connectivity index (χ1n) is 7.65. The smallest absolute Gasteiger partial charge is 0.252 e. The minimum absolute atomic E-state index is 0. The van der Waals surface area contributed by atoms with Crippen molar-refractivity contribution in [3.63, 3.8) is 0 Å². The molecule has 1 aromatic carbocycles. The van der Waals surface area contributed by atoms with Gasteiger partial charge in [-0.05, 0) is 23.6 Å². The van der Waals surface area contributed by atoms with Crippen molar-refractivity contribution >= 4 is 41.4 Å². The van der Waals surface area contributed by atoms with Crippen LogP contribution in [0.25, 0.3) is 0 Å². The second-order valence-electron chi connectivity index (χ2n) is 5.56. The minimum Gasteiger partial charge on any atom is -0.391 e. The zero-order valence-corrected chi connectivity index (χ0v) is 15.6. The SMILES string of the molecule is Cl.O=C(NCC1CNCC1O)c1ccccc1SCc1cccs1. The lowest BCUT2D eigenvalue weighted by molar-refractivity contribution is 0.0924. The van der Waals surface area contributed by atoms with E-state index in [0.717, 1.165) is 17.2 Å². The van der Waals surface area contributed by atoms with Gasteiger partial charge in [-0.25, -0.2) is 0 Å². The summed E-state index contributed by atoms with van der Waals surface area (Å²) in [5.74, 6) is 0.885. The third-order valence-corrected chi connectivity index (χ3v) is 6.09. The highest BCUT2D eigenvalue weighted by Crippen LogP contribution is 2.28. The van der Waals surface area contributed by atoms with Crippen molar-refractivity contribution in [2.75, 3.05) is 19.6 Å². The zero-order chi connectivity index (χ0) is 16.1. The molecule has 0 saturated carbocycles. The molecule has 1 fully saturated rings. The summed E-state index contributed by atoms with van der Waals surface area (Å²) in [5, 5.41) is 17.9. The Kier molecular flexibility index (Phi) is 7.58. The van der Waals surface area contributed by atoms with Gasteiger partial charge in [0.2, 0.25) is 0 Å². The van der Waals surface area contributed by atoms with Gasteiger partial charge in [-0.1, -0.05) is 18.2 Å². The van der Waals surface area contributed by atoms with Crippen LogP contribution in [0.3, 0.4) is 0 Å². The summed E-state index contributed by atoms with van der Waals surface area (Å²) >= 11 is 3.41. The second-order valence-corrected chi connectivity index (χ2v) is 7.61. The maximum Gasteiger partial charge on any atom is 0.252 e. The highest BCUT2D eigenvalue weighted by atomic mass is 35.5. The number of rotatable bonds is 6. The van der Waals surface area contributed by atoms with E-state index in [2.05, 4.69) is 22.1 Å². The average molecular weight is 385 g/mol. The lowest BCUT2D eigenvalue weighted by atomic mass is 10.1. The van der Waals surface area contributed by atoms with Crippen molar-refractivity contribution < 1.29 is 9.90 Å². The number of halogens is 1. The van der Waals surface area contributed by atoms with Crippen molar-refractivity contribution in [3.8, 4) is 0 Å². The number of carbonyl (C=O) groups excluding carboxylic acids is 1. The number of amides is 1. The van der Waals surface area contributed by atoms with Gasteiger partial charge in [0.1, 0.15) is 0 Å². The molecule has 1 aliphatic rings. The summed E-state index contributed by atoms with van der Waals surface area (Å²) in [6.45, 7) is 1.85. The van der Waals surface area contributed by atoms with Gasteiger partial charge in [0, 0.05) is 41.1 Å². The van der Waals surface area contributed by atoms with Crippen LogP contribution >= 0.6 is 35.5 Å². The lowest BCUT2D eigenvalue weighted by Crippen LogP contribution is -2.34. The maximum absolute atomic E-state index is 12.5. The Bertz CT molecular complexity index is 652. The van der Waals surface area contributed by atoms with Crippen LogP contribution in [0.2, 0.25) is 0 Å². The molecule has 130 valence electrons. The maximum atomic E-state index is 12.5. The first-order chi connectivity index (χ1) is 11.2. The zero-order valence-electron chi connectivity index (χ0n) is 13.1. The fraction of sp³-hybridized carbons (Fsp3) is 0.353. The molecule has 7 heteroatoms. The Morgan fingerprint density at radius 3 is 2.83 bits per heavy atom. The number of aliphatic hydroxyl groups is 1. The number of β-amino-alcohol motifs (C(OH)–C–C–N with tert-alkyl or cyclic N) is 1. The van der Waals surface area contributed by atoms with Crippen LogP contribution in [0.15, 0.2) is 46.7 Å². The Labute approximate surface area is 156 Å². The minimum atomic E-state index is -0.376. The fourth-order valence-electron chi connectivity index (χ4n) is 2.57. The molecule has 0 bridgehead atoms. The van der Waals surface area contributed by atoms with Gasteiger partial charge in [0.05, 0.1) is 11.7 Å². The van der Waals surface area contributed by atoms with Gasteiger partial charge in [0.15, 0.2) is 0 Å². The number of nitrogens with one attached hydrogen (secondary N) is 2. The van der Waals surface area contributed by atoms with E-state index in [0.29, 0.717) is 18.7 Å². The topological polar surface area (TPSA) is 61.4 Å². The van der Waals surface area contributed by atoms with Crippen molar-refractivity contribution in [2.45, 2.75) is 16.8 Å². The van der Waals surface area contributed by atoms with E-state index in [1.54, 1.807) is 23.1 Å². The first-order valence-corrected chi connectivity index (χ1v) is 9.52. The Hall–Kier alpha value is -1.05. The summed E-state index contributed by atoms with van der Waals surface area (Å²) in [5.41, 5.74) is 0.703. The van der Waals surface area contributed by atoms with Crippen LogP contribution < -0.4 is 10.6 Å². The molecule has 3 N–H and O–H groups in total. The molecular formula is C17H21ClN2O2S2. The molecule has 1 aromatic heterocycles. The van der Waals surface area contributed by atoms with Crippen LogP contribution in [-0.2, 0) is 5.75 Å². The molecule has 0 aliphatic carbocycles. The number of carbonyl (C=O) groups is 1. The van der Waals surface area contributed by atoms with Crippen LogP contribution in [-0.4, -0.2) is 36.8 Å². The van der Waals surface area contributed by atoms with Crippen LogP contribution in [0, 0.1) is 5.92 Å². The highest BCUT2D eigenvalue weighted by Gasteiger charge is 2.25. The predicted molar refractivity (Wildman–Crippen MR) is 102 cm³/mol. The number of benzene rings is 1. The monoisotopic (exact) mass is 384 g/mol. The second kappa shape index (κ2) is 9.44. The summed E-state index contributed by atoms with van der Waals surface area (Å²) in [6, 6.07) is 11.8. The molecule has 1 amide bonds. The normalized spacial score (nSPS) is 19.7. The summed E-state index contributed by atoms with van der Waals surface area (Å²) in [4.78, 5) is 14.8. The predicted octanol–water partition coefficient (Wildman–Crippen LogP) is 2.77. The molecular weight excluding hydrogens is 364 g/mol. The summed E-state index contributed by atoms with van der Waals surface area (Å²) in [7, 11) is 0. The van der Waals surface area contributed by atoms with Gasteiger partial charge in [-0.2, -0.15) is 0 Å². The Balaban J connectivity index is 0.00000208. The lowest BCUT2D eigenvalue weighted by Gasteiger charge is -2.15. The number of aliphatic hydroxyl groups excluding tert-OH is 1. The van der Waals surface area contributed by atoms with E-state index in [4.69, 9.17) is 0 Å². The summed E-state index contributed by atoms with van der Waals surface area (Å²) < 4.78 is 0. The molecule has 0 radical (unpaired) electrons. The van der Waals surface area contributed by atoms with Crippen molar-refractivity contribution in [1.29, 1.82) is 0 Å². The van der Waals surface area contributed by atoms with Gasteiger partial charge in [-0.3, -0.25) is 4.79 Å². The molecule has 4 nitrogen and oxygen atoms in total. The number of thiophene rings is 1. The standard InChI is InChI=1S/C17H20N2O2S2.ClH/c20-15-10-18-8-12(15)9-19-17(21)14-5-1-2-6-16(14)23-11-13-4-3-7-22-13;/h1-7,12,15,18,20H,8-11H2,(H,19,21);1H. The number of thioether (sulfide) groups is 1. The molecule has 1 saturated heterocycles. The molecule has 3 rings (SSSR count). The van der Waals surface area contributed by atoms with Crippen LogP contribution in [0.4, 0.5) is 0 Å². The summed E-state index contributed by atoms with van der Waals surface area (Å²) in [6.07, 6.45) is -0.376. The largest absolute Gasteiger partial charge is 0.391 e. The Morgan fingerprint density at radius 1 is 1.29 bits per heavy atom. The quantitative estimate of drug-likeness (QED) is 0.670. The van der Waals surface area contributed by atoms with E-state index in [9.17, 15) is 9.90 Å². The van der Waals surface area contributed by atoms with Crippen molar-refractivity contribution in [1.82, 2.24) is 10.6 Å². The van der Waals surface area contributed by atoms with Gasteiger partial charge in [0.25, 0.3) is 5.91 Å². The van der Waals surface area contributed by atoms with E-state index < -0.39 is 0 Å². The first kappa shape index (κ1) is 19.3. The molecule has 2 unspecified atom stereocenters. The van der Waals surface area contributed by atoms with E-state index in [1.165, 1.54) is 4.88 Å². The van der Waals surface area contributed by atoms with Crippen molar-refractivity contribution in [3.05, 3.63) is 52.2 Å². The van der Waals surface area contributed by atoms with Crippen LogP contribution in [0.1, 0.15) is 15.2 Å². The molecule has 24 heavy (non-hydrogen) atoms. The van der Waals surface area contributed by atoms with Gasteiger partial charge in [-0.15, -0.1) is 35.5 Å². The van der Waals surface area contributed by atoms with Gasteiger partial charge < -0.3 is 15.7 Å². The van der Waals surface area contributed by atoms with Gasteiger partial charge >= 0.3 is 0 Å². The van der Waals surface area contributed by atoms with Crippen LogP contribution in [0.5, 0.6) is 0 Å². The average Bonchev–Trinajstić information content (AvgIpc) is 3.22. The molecule has 2 aromatic rings. The third kappa shape index (κ3) is 4.97. The number of hydrogen-bond donors (Lipinski definition) is 3.